The predicted octanol–water partition coefficient (Wildman–Crippen LogP) is 4.77. The molecule has 11 nitrogen and oxygen atoms in total. The van der Waals surface area contributed by atoms with Crippen LogP contribution in [-0.2, 0) is 17.9 Å². The van der Waals surface area contributed by atoms with Crippen LogP contribution >= 0.6 is 23.2 Å². The van der Waals surface area contributed by atoms with Gasteiger partial charge in [0, 0.05) is 60.4 Å². The molecule has 0 saturated carbocycles. The number of alkyl halides is 1. The zero-order valence-electron chi connectivity index (χ0n) is 26.0. The van der Waals surface area contributed by atoms with Gasteiger partial charge in [-0.05, 0) is 12.8 Å². The lowest BCUT2D eigenvalue weighted by Crippen LogP contribution is -2.35. The smallest absolute Gasteiger partial charge is 0.237 e. The fourth-order valence-electron chi connectivity index (χ4n) is 5.32. The molecule has 1 aliphatic heterocycles. The third kappa shape index (κ3) is 8.14. The number of amides is 1. The summed E-state index contributed by atoms with van der Waals surface area (Å²) in [7, 11) is 3.03. The van der Waals surface area contributed by atoms with Crippen molar-refractivity contribution in [2.45, 2.75) is 44.4 Å². The summed E-state index contributed by atoms with van der Waals surface area (Å²) in [5.74, 6) is 0.723. The second-order valence-electron chi connectivity index (χ2n) is 10.9. The van der Waals surface area contributed by atoms with Gasteiger partial charge in [-0.25, -0.2) is 9.97 Å². The fourth-order valence-corrected chi connectivity index (χ4v) is 5.97. The summed E-state index contributed by atoms with van der Waals surface area (Å²) < 4.78 is 23.8. The minimum Gasteiger partial charge on any atom is -0.480 e. The number of hydrogen-bond donors (Lipinski definition) is 4. The summed E-state index contributed by atoms with van der Waals surface area (Å²) in [6, 6.07) is 10.8. The molecule has 3 heterocycles. The SMILES string of the molecule is COc1nc(-c2cccc(-c3cccc(-c4cnc(CNC(CO)CCF)c(OC)n4)c3Cl)c2Cl)cnc1CNCC1CCC(=O)N1. The highest BCUT2D eigenvalue weighted by molar-refractivity contribution is 6.39. The van der Waals surface area contributed by atoms with E-state index in [9.17, 15) is 14.3 Å². The number of nitrogens with one attached hydrogen (secondary N) is 3. The number of aliphatic hydroxyl groups is 1. The molecule has 1 saturated heterocycles. The van der Waals surface area contributed by atoms with Crippen molar-refractivity contribution in [3.8, 4) is 45.4 Å². The Labute approximate surface area is 282 Å². The van der Waals surface area contributed by atoms with E-state index in [1.54, 1.807) is 12.4 Å². The summed E-state index contributed by atoms with van der Waals surface area (Å²) in [5.41, 5.74) is 4.80. The Hall–Kier alpha value is -3.94. The van der Waals surface area contributed by atoms with E-state index in [2.05, 4.69) is 30.9 Å². The van der Waals surface area contributed by atoms with Crippen LogP contribution in [0.2, 0.25) is 10.0 Å². The Morgan fingerprint density at radius 1 is 0.936 bits per heavy atom. The number of carbonyl (C=O) groups is 1. The van der Waals surface area contributed by atoms with E-state index in [0.717, 1.165) is 6.42 Å². The highest BCUT2D eigenvalue weighted by atomic mass is 35.5. The monoisotopic (exact) mass is 683 g/mol. The molecule has 14 heteroatoms. The second kappa shape index (κ2) is 16.2. The maximum atomic E-state index is 12.8. The number of aromatic nitrogens is 4. The van der Waals surface area contributed by atoms with E-state index >= 15 is 0 Å². The topological polar surface area (TPSA) is 143 Å². The second-order valence-corrected chi connectivity index (χ2v) is 11.7. The van der Waals surface area contributed by atoms with Crippen LogP contribution < -0.4 is 25.4 Å². The normalized spacial score (nSPS) is 15.0. The first-order valence-corrected chi connectivity index (χ1v) is 15.9. The quantitative estimate of drug-likeness (QED) is 0.138. The van der Waals surface area contributed by atoms with E-state index in [1.165, 1.54) is 14.2 Å². The molecular formula is C33H36Cl2FN7O4. The Bertz CT molecular complexity index is 1710. The first-order chi connectivity index (χ1) is 22.9. The molecule has 2 aromatic heterocycles. The predicted molar refractivity (Wildman–Crippen MR) is 178 cm³/mol. The number of rotatable bonds is 15. The first-order valence-electron chi connectivity index (χ1n) is 15.1. The molecule has 4 N–H and O–H groups in total. The van der Waals surface area contributed by atoms with Gasteiger partial charge in [0.1, 0.15) is 11.4 Å². The standard InChI is InChI=1S/C33H36Cl2FN7O4/c1-46-32-27(14-37-13-19-9-10-29(45)41-19)39-15-25(42-32)23-7-3-5-21(30(23)34)22-6-4-8-24(31(22)35)26-16-40-28(33(43-26)47-2)17-38-20(18-44)11-12-36/h3-8,15-16,19-20,37-38,44H,9-14,17-18H2,1-2H3,(H,41,45). The van der Waals surface area contributed by atoms with Crippen molar-refractivity contribution in [1.82, 2.24) is 35.9 Å². The Morgan fingerprint density at radius 2 is 1.49 bits per heavy atom. The number of carbonyl (C=O) groups excluding carboxylic acids is 1. The molecule has 2 unspecified atom stereocenters. The number of aliphatic hydroxyl groups excluding tert-OH is 1. The van der Waals surface area contributed by atoms with Crippen LogP contribution in [0.15, 0.2) is 48.8 Å². The van der Waals surface area contributed by atoms with E-state index in [1.807, 2.05) is 36.4 Å². The van der Waals surface area contributed by atoms with Crippen molar-refractivity contribution in [1.29, 1.82) is 0 Å². The molecule has 47 heavy (non-hydrogen) atoms. The molecule has 1 amide bonds. The number of halogens is 3. The summed E-state index contributed by atoms with van der Waals surface area (Å²) in [5, 5.41) is 19.6. The molecule has 0 aliphatic carbocycles. The molecule has 5 rings (SSSR count). The van der Waals surface area contributed by atoms with Gasteiger partial charge in [-0.2, -0.15) is 0 Å². The Balaban J connectivity index is 1.38. The summed E-state index contributed by atoms with van der Waals surface area (Å²) >= 11 is 14.0. The lowest BCUT2D eigenvalue weighted by Gasteiger charge is -2.16. The van der Waals surface area contributed by atoms with Crippen LogP contribution in [0, 0.1) is 0 Å². The van der Waals surface area contributed by atoms with Crippen molar-refractivity contribution in [2.75, 3.05) is 34.0 Å². The molecule has 0 spiro atoms. The third-order valence-electron chi connectivity index (χ3n) is 7.85. The average Bonchev–Trinajstić information content (AvgIpc) is 3.51. The molecule has 248 valence electrons. The average molecular weight is 685 g/mol. The van der Waals surface area contributed by atoms with E-state index in [0.29, 0.717) is 80.5 Å². The zero-order valence-corrected chi connectivity index (χ0v) is 27.5. The molecule has 2 atom stereocenters. The van der Waals surface area contributed by atoms with Crippen molar-refractivity contribution in [3.05, 3.63) is 70.2 Å². The number of benzene rings is 2. The Kier molecular flexibility index (Phi) is 11.9. The van der Waals surface area contributed by atoms with Crippen molar-refractivity contribution in [3.63, 3.8) is 0 Å². The molecule has 1 fully saturated rings. The number of hydrogen-bond acceptors (Lipinski definition) is 10. The van der Waals surface area contributed by atoms with E-state index < -0.39 is 12.7 Å². The molecule has 0 bridgehead atoms. The summed E-state index contributed by atoms with van der Waals surface area (Å²) in [6.07, 6.45) is 4.77. The maximum Gasteiger partial charge on any atom is 0.237 e. The first kappa shape index (κ1) is 34.4. The van der Waals surface area contributed by atoms with Crippen LogP contribution in [0.1, 0.15) is 30.7 Å². The number of ether oxygens (including phenoxy) is 2. The molecule has 0 radical (unpaired) electrons. The zero-order chi connectivity index (χ0) is 33.3. The van der Waals surface area contributed by atoms with Gasteiger partial charge in [0.25, 0.3) is 0 Å². The Morgan fingerprint density at radius 3 is 1.98 bits per heavy atom. The fraction of sp³-hybridized carbons (Fsp3) is 0.364. The summed E-state index contributed by atoms with van der Waals surface area (Å²) in [6.45, 7) is 0.543. The largest absolute Gasteiger partial charge is 0.480 e. The highest BCUT2D eigenvalue weighted by Crippen LogP contribution is 2.42. The minimum absolute atomic E-state index is 0.0723. The lowest BCUT2D eigenvalue weighted by molar-refractivity contribution is -0.119. The van der Waals surface area contributed by atoms with Gasteiger partial charge in [0.2, 0.25) is 17.7 Å². The van der Waals surface area contributed by atoms with Gasteiger partial charge >= 0.3 is 0 Å². The van der Waals surface area contributed by atoms with Gasteiger partial charge in [-0.15, -0.1) is 0 Å². The minimum atomic E-state index is -0.544. The van der Waals surface area contributed by atoms with Crippen molar-refractivity contribution < 1.29 is 23.8 Å². The third-order valence-corrected chi connectivity index (χ3v) is 8.67. The van der Waals surface area contributed by atoms with Gasteiger partial charge in [0.15, 0.2) is 0 Å². The number of methoxy groups -OCH3 is 2. The van der Waals surface area contributed by atoms with Gasteiger partial charge in [-0.1, -0.05) is 59.6 Å². The van der Waals surface area contributed by atoms with Crippen molar-refractivity contribution >= 4 is 29.1 Å². The molecule has 1 aliphatic rings. The van der Waals surface area contributed by atoms with Gasteiger partial charge in [-0.3, -0.25) is 19.2 Å². The maximum absolute atomic E-state index is 12.8. The van der Waals surface area contributed by atoms with E-state index in [-0.39, 0.29) is 37.4 Å². The van der Waals surface area contributed by atoms with Crippen molar-refractivity contribution in [2.24, 2.45) is 0 Å². The molecule has 2 aromatic carbocycles. The summed E-state index contributed by atoms with van der Waals surface area (Å²) in [4.78, 5) is 29.9. The highest BCUT2D eigenvalue weighted by Gasteiger charge is 2.22. The van der Waals surface area contributed by atoms with Gasteiger partial charge < -0.3 is 30.5 Å². The molecule has 4 aromatic rings. The lowest BCUT2D eigenvalue weighted by atomic mass is 9.98. The van der Waals surface area contributed by atoms with Gasteiger partial charge in [0.05, 0.1) is 61.3 Å². The van der Waals surface area contributed by atoms with Crippen LogP contribution in [0.4, 0.5) is 4.39 Å². The number of nitrogens with zero attached hydrogens (tertiary/aromatic N) is 4. The molecular weight excluding hydrogens is 648 g/mol. The van der Waals surface area contributed by atoms with Crippen LogP contribution in [0.5, 0.6) is 11.8 Å². The van der Waals surface area contributed by atoms with Crippen LogP contribution in [0.25, 0.3) is 33.6 Å². The van der Waals surface area contributed by atoms with Crippen LogP contribution in [-0.4, -0.2) is 77.1 Å². The van der Waals surface area contributed by atoms with E-state index in [4.69, 9.17) is 37.7 Å². The van der Waals surface area contributed by atoms with Crippen LogP contribution in [0.3, 0.4) is 0 Å².